The maximum atomic E-state index is 11.4. The van der Waals surface area contributed by atoms with E-state index in [2.05, 4.69) is 15.0 Å². The first-order chi connectivity index (χ1) is 6.22. The summed E-state index contributed by atoms with van der Waals surface area (Å²) in [5.74, 6) is 0.335. The van der Waals surface area contributed by atoms with Crippen molar-refractivity contribution in [3.63, 3.8) is 0 Å². The van der Waals surface area contributed by atoms with Crippen molar-refractivity contribution in [1.29, 1.82) is 0 Å². The molecule has 6 nitrogen and oxygen atoms in total. The van der Waals surface area contributed by atoms with Crippen molar-refractivity contribution in [2.75, 3.05) is 12.3 Å². The summed E-state index contributed by atoms with van der Waals surface area (Å²) >= 11 is 0. The smallest absolute Gasteiger partial charge is 0.258 e. The predicted molar refractivity (Wildman–Crippen MR) is 49.2 cm³/mol. The molecule has 1 aromatic rings. The van der Waals surface area contributed by atoms with Gasteiger partial charge in [-0.25, -0.2) is 4.99 Å². The van der Waals surface area contributed by atoms with Gasteiger partial charge in [-0.1, -0.05) is 0 Å². The predicted octanol–water partition coefficient (Wildman–Crippen LogP) is -0.890. The Morgan fingerprint density at radius 3 is 3.08 bits per heavy atom. The van der Waals surface area contributed by atoms with Gasteiger partial charge in [-0.3, -0.25) is 9.78 Å². The number of aromatic nitrogens is 2. The molecule has 1 aliphatic heterocycles. The molecule has 0 aromatic carbocycles. The zero-order chi connectivity index (χ0) is 9.42. The summed E-state index contributed by atoms with van der Waals surface area (Å²) in [6.45, 7) is 0.352. The highest BCUT2D eigenvalue weighted by Gasteiger charge is 2.22. The van der Waals surface area contributed by atoms with Crippen molar-refractivity contribution >= 4 is 18.0 Å². The van der Waals surface area contributed by atoms with Gasteiger partial charge in [0.25, 0.3) is 5.56 Å². The van der Waals surface area contributed by atoms with Crippen molar-refractivity contribution in [2.24, 2.45) is 10.7 Å². The van der Waals surface area contributed by atoms with Crippen LogP contribution in [-0.2, 0) is 0 Å². The van der Waals surface area contributed by atoms with Crippen molar-refractivity contribution in [2.45, 2.75) is 5.92 Å². The van der Waals surface area contributed by atoms with E-state index in [0.717, 1.165) is 0 Å². The largest absolute Gasteiger partial charge is 0.369 e. The lowest BCUT2D eigenvalue weighted by atomic mass is 10.1. The quantitative estimate of drug-likeness (QED) is 0.519. The molecule has 1 atom stereocenters. The Hall–Kier alpha value is -1.69. The van der Waals surface area contributed by atoms with Crippen molar-refractivity contribution in [1.82, 2.24) is 9.97 Å². The Morgan fingerprint density at radius 2 is 2.38 bits per heavy atom. The summed E-state index contributed by atoms with van der Waals surface area (Å²) in [5, 5.41) is 0. The van der Waals surface area contributed by atoms with Gasteiger partial charge in [0, 0.05) is 18.7 Å². The van der Waals surface area contributed by atoms with E-state index in [9.17, 15) is 4.79 Å². The highest BCUT2D eigenvalue weighted by molar-refractivity contribution is 5.79. The van der Waals surface area contributed by atoms with E-state index in [0.29, 0.717) is 17.9 Å². The minimum Gasteiger partial charge on any atom is -0.369 e. The minimum absolute atomic E-state index is 0.0820. The fourth-order valence-electron chi connectivity index (χ4n) is 1.33. The van der Waals surface area contributed by atoms with Crippen molar-refractivity contribution in [3.8, 4) is 0 Å². The van der Waals surface area contributed by atoms with Crippen LogP contribution in [0.1, 0.15) is 11.5 Å². The number of nitrogens with one attached hydrogen (secondary N) is 1. The number of H-pyrrole nitrogens is 1. The fourth-order valence-corrected chi connectivity index (χ4v) is 1.33. The van der Waals surface area contributed by atoms with E-state index < -0.39 is 0 Å². The molecule has 0 bridgehead atoms. The molecule has 0 saturated carbocycles. The van der Waals surface area contributed by atoms with Gasteiger partial charge in [-0.2, -0.15) is 4.98 Å². The van der Waals surface area contributed by atoms with Gasteiger partial charge in [0.1, 0.15) is 0 Å². The zero-order valence-corrected chi connectivity index (χ0v) is 6.82. The highest BCUT2D eigenvalue weighted by atomic mass is 16.1. The Kier molecular flexibility index (Phi) is 1.63. The van der Waals surface area contributed by atoms with Crippen LogP contribution < -0.4 is 17.0 Å². The summed E-state index contributed by atoms with van der Waals surface area (Å²) in [6.07, 6.45) is 1.62. The number of aliphatic imine (C=N–C) groups is 1. The van der Waals surface area contributed by atoms with Crippen LogP contribution in [0.2, 0.25) is 0 Å². The lowest BCUT2D eigenvalue weighted by molar-refractivity contribution is 0.894. The molecular formula is C7H9N5O. The molecule has 0 amide bonds. The average molecular weight is 179 g/mol. The van der Waals surface area contributed by atoms with Crippen LogP contribution in [-0.4, -0.2) is 22.7 Å². The minimum atomic E-state index is -0.254. The first kappa shape index (κ1) is 7.93. The van der Waals surface area contributed by atoms with Crippen LogP contribution >= 0.6 is 0 Å². The monoisotopic (exact) mass is 179 g/mol. The SMILES string of the molecule is NCC1C=Nc2nc(N)[nH]c(=O)c21. The first-order valence-electron chi connectivity index (χ1n) is 3.86. The molecule has 0 radical (unpaired) electrons. The number of rotatable bonds is 1. The summed E-state index contributed by atoms with van der Waals surface area (Å²) < 4.78 is 0. The molecule has 2 heterocycles. The maximum absolute atomic E-state index is 11.4. The number of anilines is 1. The third-order valence-corrected chi connectivity index (χ3v) is 1.95. The van der Waals surface area contributed by atoms with Crippen LogP contribution in [0.15, 0.2) is 9.79 Å². The van der Waals surface area contributed by atoms with Gasteiger partial charge in [0.15, 0.2) is 5.82 Å². The number of hydrogen-bond donors (Lipinski definition) is 3. The number of aromatic amines is 1. The topological polar surface area (TPSA) is 110 Å². The second kappa shape index (κ2) is 2.67. The molecule has 1 aromatic heterocycles. The molecule has 5 N–H and O–H groups in total. The molecule has 6 heteroatoms. The molecule has 1 unspecified atom stereocenters. The number of nitrogens with zero attached hydrogens (tertiary/aromatic N) is 2. The van der Waals surface area contributed by atoms with Gasteiger partial charge in [-0.15, -0.1) is 0 Å². The van der Waals surface area contributed by atoms with Gasteiger partial charge in [0.2, 0.25) is 5.95 Å². The molecule has 0 saturated heterocycles. The van der Waals surface area contributed by atoms with E-state index in [4.69, 9.17) is 11.5 Å². The summed E-state index contributed by atoms with van der Waals surface area (Å²) in [4.78, 5) is 21.6. The average Bonchev–Trinajstić information content (AvgIpc) is 2.47. The van der Waals surface area contributed by atoms with Crippen molar-refractivity contribution < 1.29 is 0 Å². The van der Waals surface area contributed by atoms with E-state index in [1.165, 1.54) is 0 Å². The van der Waals surface area contributed by atoms with E-state index in [1.807, 2.05) is 0 Å². The van der Waals surface area contributed by atoms with Crippen LogP contribution in [0.25, 0.3) is 0 Å². The first-order valence-corrected chi connectivity index (χ1v) is 3.86. The molecule has 0 fully saturated rings. The van der Waals surface area contributed by atoms with Gasteiger partial charge in [0.05, 0.1) is 5.56 Å². The maximum Gasteiger partial charge on any atom is 0.258 e. The Morgan fingerprint density at radius 1 is 1.62 bits per heavy atom. The Bertz CT molecular complexity index is 421. The van der Waals surface area contributed by atoms with Crippen molar-refractivity contribution in [3.05, 3.63) is 15.9 Å². The fraction of sp³-hybridized carbons (Fsp3) is 0.286. The van der Waals surface area contributed by atoms with Gasteiger partial charge >= 0.3 is 0 Å². The lowest BCUT2D eigenvalue weighted by Crippen LogP contribution is -2.21. The molecule has 2 rings (SSSR count). The third-order valence-electron chi connectivity index (χ3n) is 1.95. The lowest BCUT2D eigenvalue weighted by Gasteiger charge is -2.03. The molecule has 1 aliphatic rings. The molecular weight excluding hydrogens is 170 g/mol. The zero-order valence-electron chi connectivity index (χ0n) is 6.82. The summed E-state index contributed by atoms with van der Waals surface area (Å²) in [7, 11) is 0. The second-order valence-corrected chi connectivity index (χ2v) is 2.81. The van der Waals surface area contributed by atoms with Crippen LogP contribution in [0.5, 0.6) is 0 Å². The van der Waals surface area contributed by atoms with Gasteiger partial charge < -0.3 is 11.5 Å². The van der Waals surface area contributed by atoms with Crippen LogP contribution in [0.3, 0.4) is 0 Å². The molecule has 0 aliphatic carbocycles. The van der Waals surface area contributed by atoms with Crippen LogP contribution in [0.4, 0.5) is 11.8 Å². The number of fused-ring (bicyclic) bond motifs is 1. The molecule has 68 valence electrons. The standard InChI is InChI=1S/C7H9N5O/c8-1-3-2-10-5-4(3)6(13)12-7(9)11-5/h2-3H,1,8H2,(H3,9,11,12,13). The van der Waals surface area contributed by atoms with Crippen LogP contribution in [0, 0.1) is 0 Å². The number of nitrogens with two attached hydrogens (primary N) is 2. The van der Waals surface area contributed by atoms with E-state index in [-0.39, 0.29) is 17.4 Å². The van der Waals surface area contributed by atoms with Gasteiger partial charge in [-0.05, 0) is 0 Å². The Labute approximate surface area is 73.7 Å². The molecule has 13 heavy (non-hydrogen) atoms. The number of hydrogen-bond acceptors (Lipinski definition) is 5. The van der Waals surface area contributed by atoms with E-state index in [1.54, 1.807) is 6.21 Å². The van der Waals surface area contributed by atoms with E-state index >= 15 is 0 Å². The summed E-state index contributed by atoms with van der Waals surface area (Å²) in [6, 6.07) is 0. The number of nitrogen functional groups attached to an aromatic ring is 1. The Balaban J connectivity index is 2.64. The second-order valence-electron chi connectivity index (χ2n) is 2.81. The third kappa shape index (κ3) is 1.11. The highest BCUT2D eigenvalue weighted by Crippen LogP contribution is 2.25. The summed E-state index contributed by atoms with van der Waals surface area (Å²) in [5.41, 5.74) is 11.1. The normalized spacial score (nSPS) is 19.0. The molecule has 0 spiro atoms.